The molecule has 2 aromatic heterocycles. The Morgan fingerprint density at radius 1 is 1.00 bits per heavy atom. The number of hydrogen-bond acceptors (Lipinski definition) is 3. The summed E-state index contributed by atoms with van der Waals surface area (Å²) < 4.78 is 6.37. The Morgan fingerprint density at radius 2 is 1.82 bits per heavy atom. The first-order valence-electron chi connectivity index (χ1n) is 10.7. The number of rotatable bonds is 5. The van der Waals surface area contributed by atoms with E-state index in [2.05, 4.69) is 46.4 Å². The maximum Gasteiger partial charge on any atom is 0.174 e. The molecule has 0 bridgehead atoms. The number of halogens is 2. The number of hydrogen-bond donors (Lipinski definition) is 1. The number of furan rings is 1. The molecule has 7 heteroatoms. The summed E-state index contributed by atoms with van der Waals surface area (Å²) in [6.07, 6.45) is 2.76. The van der Waals surface area contributed by atoms with Crippen LogP contribution in [0.1, 0.15) is 36.0 Å². The van der Waals surface area contributed by atoms with E-state index in [1.165, 1.54) is 5.56 Å². The molecule has 0 spiro atoms. The number of anilines is 1. The van der Waals surface area contributed by atoms with Crippen LogP contribution < -0.4 is 10.2 Å². The van der Waals surface area contributed by atoms with Crippen LogP contribution in [0.15, 0.2) is 83.4 Å². The van der Waals surface area contributed by atoms with E-state index in [-0.39, 0.29) is 12.1 Å². The lowest BCUT2D eigenvalue weighted by atomic mass is 10.0. The summed E-state index contributed by atoms with van der Waals surface area (Å²) in [5, 5.41) is 5.03. The van der Waals surface area contributed by atoms with Gasteiger partial charge in [0.1, 0.15) is 17.6 Å². The number of nitrogens with zero attached hydrogens (tertiary/aromatic N) is 2. The molecule has 1 aliphatic heterocycles. The van der Waals surface area contributed by atoms with Gasteiger partial charge in [-0.1, -0.05) is 54.4 Å². The number of aromatic nitrogens is 1. The summed E-state index contributed by atoms with van der Waals surface area (Å²) in [5.74, 6) is 1.40. The Bertz CT molecular complexity index is 1290. The van der Waals surface area contributed by atoms with Crippen molar-refractivity contribution < 1.29 is 4.42 Å². The van der Waals surface area contributed by atoms with Crippen LogP contribution in [0.2, 0.25) is 10.0 Å². The first-order valence-corrected chi connectivity index (χ1v) is 11.9. The Balaban J connectivity index is 1.60. The average molecular weight is 494 g/mol. The molecular formula is C26H21Cl2N3OS. The molecule has 0 radical (unpaired) electrons. The van der Waals surface area contributed by atoms with Crippen LogP contribution in [0.4, 0.5) is 5.69 Å². The molecule has 0 unspecified atom stereocenters. The van der Waals surface area contributed by atoms with Crippen molar-refractivity contribution in [2.24, 2.45) is 0 Å². The first kappa shape index (κ1) is 22.0. The fourth-order valence-corrected chi connectivity index (χ4v) is 4.90. The second-order valence-electron chi connectivity index (χ2n) is 7.82. The van der Waals surface area contributed by atoms with Crippen LogP contribution in [0, 0.1) is 0 Å². The molecule has 2 atom stereocenters. The van der Waals surface area contributed by atoms with Gasteiger partial charge in [-0.3, -0.25) is 4.98 Å². The van der Waals surface area contributed by atoms with Crippen molar-refractivity contribution in [2.75, 3.05) is 4.90 Å². The van der Waals surface area contributed by atoms with E-state index in [1.807, 2.05) is 42.5 Å². The summed E-state index contributed by atoms with van der Waals surface area (Å²) in [6.45, 7) is 2.14. The second-order valence-corrected chi connectivity index (χ2v) is 8.99. The maximum absolute atomic E-state index is 6.45. The van der Waals surface area contributed by atoms with Crippen LogP contribution in [-0.4, -0.2) is 10.1 Å². The lowest BCUT2D eigenvalue weighted by Crippen LogP contribution is -2.29. The zero-order valence-electron chi connectivity index (χ0n) is 17.8. The zero-order valence-corrected chi connectivity index (χ0v) is 20.2. The highest BCUT2D eigenvalue weighted by molar-refractivity contribution is 7.80. The SMILES string of the molecule is CCc1ccc(N2C(=S)N[C@H](c3ccccn3)[C@@H]2c2ccc(-c3cccc(Cl)c3Cl)o2)cc1. The molecule has 166 valence electrons. The number of thiocarbonyl (C=S) groups is 1. The van der Waals surface area contributed by atoms with Crippen LogP contribution in [0.3, 0.4) is 0 Å². The average Bonchev–Trinajstić information content (AvgIpc) is 3.46. The van der Waals surface area contributed by atoms with Crippen LogP contribution >= 0.6 is 35.4 Å². The Labute approximate surface area is 208 Å². The maximum atomic E-state index is 6.45. The summed E-state index contributed by atoms with van der Waals surface area (Å²) in [5.41, 5.74) is 3.89. The fourth-order valence-electron chi connectivity index (χ4n) is 4.16. The van der Waals surface area contributed by atoms with Gasteiger partial charge < -0.3 is 14.6 Å². The monoisotopic (exact) mass is 493 g/mol. The van der Waals surface area contributed by atoms with Gasteiger partial charge in [0.05, 0.1) is 21.8 Å². The van der Waals surface area contributed by atoms with Crippen molar-refractivity contribution in [2.45, 2.75) is 25.4 Å². The van der Waals surface area contributed by atoms with Gasteiger partial charge in [-0.2, -0.15) is 0 Å². The molecule has 1 N–H and O–H groups in total. The summed E-state index contributed by atoms with van der Waals surface area (Å²) in [7, 11) is 0. The molecule has 0 amide bonds. The molecule has 0 aliphatic carbocycles. The summed E-state index contributed by atoms with van der Waals surface area (Å²) >= 11 is 18.5. The topological polar surface area (TPSA) is 41.3 Å². The van der Waals surface area contributed by atoms with E-state index >= 15 is 0 Å². The van der Waals surface area contributed by atoms with Gasteiger partial charge in [0.25, 0.3) is 0 Å². The number of benzene rings is 2. The van der Waals surface area contributed by atoms with Crippen LogP contribution in [-0.2, 0) is 6.42 Å². The minimum Gasteiger partial charge on any atom is -0.459 e. The quantitative estimate of drug-likeness (QED) is 0.293. The van der Waals surface area contributed by atoms with E-state index in [0.29, 0.717) is 20.9 Å². The second kappa shape index (κ2) is 9.18. The minimum atomic E-state index is -0.230. The van der Waals surface area contributed by atoms with E-state index in [4.69, 9.17) is 39.8 Å². The molecule has 5 rings (SSSR count). The molecule has 3 heterocycles. The van der Waals surface area contributed by atoms with E-state index in [1.54, 1.807) is 12.3 Å². The van der Waals surface area contributed by atoms with Gasteiger partial charge in [-0.15, -0.1) is 0 Å². The molecule has 33 heavy (non-hydrogen) atoms. The molecule has 1 saturated heterocycles. The molecule has 4 aromatic rings. The number of pyridine rings is 1. The first-order chi connectivity index (χ1) is 16.1. The van der Waals surface area contributed by atoms with Crippen molar-refractivity contribution in [1.82, 2.24) is 10.3 Å². The zero-order chi connectivity index (χ0) is 22.9. The van der Waals surface area contributed by atoms with Gasteiger partial charge >= 0.3 is 0 Å². The van der Waals surface area contributed by atoms with Crippen molar-refractivity contribution in [1.29, 1.82) is 0 Å². The fraction of sp³-hybridized carbons (Fsp3) is 0.154. The third-order valence-electron chi connectivity index (χ3n) is 5.86. The normalized spacial score (nSPS) is 17.9. The van der Waals surface area contributed by atoms with Crippen LogP contribution in [0.5, 0.6) is 0 Å². The van der Waals surface area contributed by atoms with E-state index in [0.717, 1.165) is 29.1 Å². The van der Waals surface area contributed by atoms with Crippen molar-refractivity contribution in [3.8, 4) is 11.3 Å². The highest BCUT2D eigenvalue weighted by Gasteiger charge is 2.42. The van der Waals surface area contributed by atoms with Gasteiger partial charge in [-0.05, 0) is 72.7 Å². The molecule has 1 fully saturated rings. The third-order valence-corrected chi connectivity index (χ3v) is 6.99. The summed E-state index contributed by atoms with van der Waals surface area (Å²) in [6, 6.07) is 23.3. The minimum absolute atomic E-state index is 0.182. The Morgan fingerprint density at radius 3 is 2.55 bits per heavy atom. The van der Waals surface area contributed by atoms with E-state index in [9.17, 15) is 0 Å². The highest BCUT2D eigenvalue weighted by Crippen LogP contribution is 2.44. The Hall–Kier alpha value is -2.86. The molecule has 2 aromatic carbocycles. The predicted octanol–water partition coefficient (Wildman–Crippen LogP) is 7.39. The standard InChI is InChI=1S/C26H21Cl2N3OS/c1-2-16-9-11-17(12-10-16)31-25(24(30-26(31)33)20-8-3-4-15-29-20)22-14-13-21(32-22)18-6-5-7-19(27)23(18)28/h3-15,24-25H,2H2,1H3,(H,30,33)/t24-,25+/m1/s1. The Kier molecular flexibility index (Phi) is 6.11. The van der Waals surface area contributed by atoms with Gasteiger partial charge in [-0.25, -0.2) is 0 Å². The third kappa shape index (κ3) is 4.12. The lowest BCUT2D eigenvalue weighted by molar-refractivity contribution is 0.439. The smallest absolute Gasteiger partial charge is 0.174 e. The summed E-state index contributed by atoms with van der Waals surface area (Å²) in [4.78, 5) is 6.68. The van der Waals surface area contributed by atoms with Crippen molar-refractivity contribution in [3.63, 3.8) is 0 Å². The molecule has 1 aliphatic rings. The largest absolute Gasteiger partial charge is 0.459 e. The van der Waals surface area contributed by atoms with E-state index < -0.39 is 0 Å². The number of aryl methyl sites for hydroxylation is 1. The van der Waals surface area contributed by atoms with Crippen LogP contribution in [0.25, 0.3) is 11.3 Å². The van der Waals surface area contributed by atoms with Crippen molar-refractivity contribution in [3.05, 3.63) is 106 Å². The molecule has 4 nitrogen and oxygen atoms in total. The lowest BCUT2D eigenvalue weighted by Gasteiger charge is -2.26. The molecular weight excluding hydrogens is 473 g/mol. The van der Waals surface area contributed by atoms with Crippen molar-refractivity contribution >= 4 is 46.2 Å². The highest BCUT2D eigenvalue weighted by atomic mass is 35.5. The predicted molar refractivity (Wildman–Crippen MR) is 138 cm³/mol. The van der Waals surface area contributed by atoms with Gasteiger partial charge in [0.2, 0.25) is 0 Å². The van der Waals surface area contributed by atoms with Gasteiger partial charge in [0, 0.05) is 17.4 Å². The molecule has 0 saturated carbocycles. The number of nitrogens with one attached hydrogen (secondary N) is 1. The van der Waals surface area contributed by atoms with Gasteiger partial charge in [0.15, 0.2) is 5.11 Å².